The summed E-state index contributed by atoms with van der Waals surface area (Å²) in [5.74, 6) is -7.56. The van der Waals surface area contributed by atoms with Crippen molar-refractivity contribution >= 4 is 58.9 Å². The van der Waals surface area contributed by atoms with Crippen LogP contribution in [0.1, 0.15) is 33.5 Å². The molecule has 1 unspecified atom stereocenters. The number of fused-ring (bicyclic) bond motifs is 1. The molecule has 1 N–H and O–H groups in total. The van der Waals surface area contributed by atoms with E-state index in [2.05, 4.69) is 5.32 Å². The molecular weight excluding hydrogens is 476 g/mol. The zero-order valence-electron chi connectivity index (χ0n) is 18.1. The molecule has 1 fully saturated rings. The Morgan fingerprint density at radius 1 is 1.14 bits per heavy atom. The highest BCUT2D eigenvalue weighted by Gasteiger charge is 2.48. The predicted molar refractivity (Wildman–Crippen MR) is 124 cm³/mol. The number of alkyl halides is 2. The number of halogens is 3. The van der Waals surface area contributed by atoms with Gasteiger partial charge in [0.2, 0.25) is 19.8 Å². The predicted octanol–water partition coefficient (Wildman–Crippen LogP) is 1.37. The Morgan fingerprint density at radius 3 is 2.46 bits per heavy atom. The first-order chi connectivity index (χ1) is 16.3. The van der Waals surface area contributed by atoms with Crippen LogP contribution in [0.15, 0.2) is 42.5 Å². The number of carbonyl (C=O) groups excluding carboxylic acids is 4. The number of hydrogen-bond donors (Lipinski definition) is 1. The molecule has 2 aromatic carbocycles. The van der Waals surface area contributed by atoms with E-state index in [4.69, 9.17) is 35.3 Å². The molecule has 35 heavy (non-hydrogen) atoms. The van der Waals surface area contributed by atoms with Crippen LogP contribution in [0.2, 0.25) is 10.2 Å². The van der Waals surface area contributed by atoms with Gasteiger partial charge in [-0.25, -0.2) is 0 Å². The molecule has 0 bridgehead atoms. The maximum atomic E-state index is 14.5. The van der Waals surface area contributed by atoms with Gasteiger partial charge in [0.25, 0.3) is 11.8 Å². The van der Waals surface area contributed by atoms with Gasteiger partial charge in [-0.2, -0.15) is 8.78 Å². The molecule has 0 spiro atoms. The number of rotatable bonds is 5. The highest BCUT2D eigenvalue weighted by atomic mass is 35.5. The van der Waals surface area contributed by atoms with Gasteiger partial charge < -0.3 is 15.0 Å². The molecule has 172 valence electrons. The maximum absolute atomic E-state index is 14.5. The topological polar surface area (TPSA) is 86.8 Å². The smallest absolute Gasteiger partial charge is 0.346 e. The molecule has 0 aliphatic carbocycles. The van der Waals surface area contributed by atoms with Crippen LogP contribution in [0.3, 0.4) is 0 Å². The lowest BCUT2D eigenvalue weighted by atomic mass is 9.49. The van der Waals surface area contributed by atoms with Gasteiger partial charge in [-0.3, -0.25) is 19.2 Å². The zero-order valence-corrected chi connectivity index (χ0v) is 18.9. The second kappa shape index (κ2) is 8.82. The molecule has 2 heterocycles. The van der Waals surface area contributed by atoms with E-state index < -0.39 is 46.4 Å². The van der Waals surface area contributed by atoms with Gasteiger partial charge in [-0.15, -0.1) is 0 Å². The Morgan fingerprint density at radius 2 is 1.80 bits per heavy atom. The van der Waals surface area contributed by atoms with Crippen LogP contribution in [0.5, 0.6) is 0 Å². The number of benzene rings is 2. The van der Waals surface area contributed by atoms with E-state index >= 15 is 0 Å². The fourth-order valence-corrected chi connectivity index (χ4v) is 4.19. The molecule has 4 rings (SSSR count). The van der Waals surface area contributed by atoms with Gasteiger partial charge in [0, 0.05) is 29.2 Å². The van der Waals surface area contributed by atoms with Crippen LogP contribution < -0.4 is 5.32 Å². The Balaban J connectivity index is 1.47. The van der Waals surface area contributed by atoms with Crippen LogP contribution in [0.4, 0.5) is 8.78 Å². The summed E-state index contributed by atoms with van der Waals surface area (Å²) in [6.07, 6.45) is -0.319. The second-order valence-electron chi connectivity index (χ2n) is 8.46. The van der Waals surface area contributed by atoms with E-state index in [1.54, 1.807) is 6.07 Å². The maximum Gasteiger partial charge on any atom is 0.349 e. The molecule has 1 saturated heterocycles. The molecule has 6 radical (unpaired) electrons. The number of carbonyl (C=O) groups is 4. The van der Waals surface area contributed by atoms with E-state index in [1.165, 1.54) is 29.2 Å². The molecule has 2 aliphatic heterocycles. The Labute approximate surface area is 208 Å². The van der Waals surface area contributed by atoms with Crippen LogP contribution in [-0.4, -0.2) is 63.1 Å². The summed E-state index contributed by atoms with van der Waals surface area (Å²) in [6.45, 7) is -0.253. The summed E-state index contributed by atoms with van der Waals surface area (Å²) >= 11 is 5.71. The summed E-state index contributed by atoms with van der Waals surface area (Å²) in [4.78, 5) is 51.1. The second-order valence-corrected chi connectivity index (χ2v) is 8.90. The van der Waals surface area contributed by atoms with Crippen molar-refractivity contribution in [3.8, 4) is 0 Å². The highest BCUT2D eigenvalue weighted by molar-refractivity contribution is 6.54. The van der Waals surface area contributed by atoms with Crippen molar-refractivity contribution in [2.45, 2.75) is 36.7 Å². The lowest BCUT2D eigenvalue weighted by Crippen LogP contribution is -2.59. The minimum Gasteiger partial charge on any atom is -0.346 e. The number of imide groups is 1. The SMILES string of the molecule is [B]N1C(=O)C(N2Cc3cc(CNC(=O)C(F)(F)c4ccc(Cl)cc4)ccc3C2=O)CC([B])([B])C1=O. The molecule has 2 aromatic rings. The van der Waals surface area contributed by atoms with E-state index in [1.807, 2.05) is 0 Å². The number of nitrogens with zero attached hydrogens (tertiary/aromatic N) is 2. The Hall–Kier alpha value is -3.14. The molecule has 0 saturated carbocycles. The lowest BCUT2D eigenvalue weighted by Gasteiger charge is -2.42. The summed E-state index contributed by atoms with van der Waals surface area (Å²) in [5, 5.41) is 0.526. The third-order valence-corrected chi connectivity index (χ3v) is 6.25. The van der Waals surface area contributed by atoms with Crippen molar-refractivity contribution in [1.82, 2.24) is 15.0 Å². The van der Waals surface area contributed by atoms with Gasteiger partial charge in [-0.1, -0.05) is 35.9 Å². The number of nitrogens with one attached hydrogen (secondary N) is 1. The summed E-state index contributed by atoms with van der Waals surface area (Å²) in [5.41, 5.74) is 0.727. The van der Waals surface area contributed by atoms with Gasteiger partial charge in [0.1, 0.15) is 6.04 Å². The summed E-state index contributed by atoms with van der Waals surface area (Å²) < 4.78 is 28.9. The minimum atomic E-state index is -3.78. The Bertz CT molecular complexity index is 1240. The molecule has 1 atom stereocenters. The van der Waals surface area contributed by atoms with Crippen LogP contribution in [0, 0.1) is 0 Å². The van der Waals surface area contributed by atoms with Gasteiger partial charge >= 0.3 is 5.92 Å². The Kier molecular flexibility index (Phi) is 6.29. The van der Waals surface area contributed by atoms with Gasteiger partial charge in [0.15, 0.2) is 0 Å². The number of amides is 4. The van der Waals surface area contributed by atoms with Crippen molar-refractivity contribution in [3.05, 3.63) is 69.7 Å². The van der Waals surface area contributed by atoms with Crippen molar-refractivity contribution < 1.29 is 28.0 Å². The summed E-state index contributed by atoms with van der Waals surface area (Å²) in [7, 11) is 17.0. The molecule has 4 amide bonds. The van der Waals surface area contributed by atoms with Crippen molar-refractivity contribution in [2.24, 2.45) is 0 Å². The number of piperidine rings is 1. The van der Waals surface area contributed by atoms with E-state index in [9.17, 15) is 28.0 Å². The van der Waals surface area contributed by atoms with E-state index in [-0.39, 0.29) is 30.1 Å². The molecule has 7 nitrogen and oxygen atoms in total. The monoisotopic (exact) mass is 491 g/mol. The quantitative estimate of drug-likeness (QED) is 0.506. The fraction of sp³-hybridized carbons (Fsp3) is 0.273. The van der Waals surface area contributed by atoms with Crippen molar-refractivity contribution in [2.75, 3.05) is 0 Å². The first-order valence-corrected chi connectivity index (χ1v) is 10.8. The highest BCUT2D eigenvalue weighted by Crippen LogP contribution is 2.37. The molecular formula is C22H15B3ClF2N3O4. The third-order valence-electron chi connectivity index (χ3n) is 5.99. The normalized spacial score (nSPS) is 19.6. The number of hydrogen-bond acceptors (Lipinski definition) is 4. The standard InChI is InChI=1S/C22H15B3ClF2N3O4/c23-21(24)8-16(18(33)31(25)20(21)35)30-10-12-7-11(1-6-15(12)17(30)32)9-29-19(34)22(27,28)13-2-4-14(26)5-3-13/h1-7,16H,8-10H2,(H,29,34). The zero-order chi connectivity index (χ0) is 25.7. The molecule has 13 heteroatoms. The van der Waals surface area contributed by atoms with Crippen molar-refractivity contribution in [1.29, 1.82) is 0 Å². The van der Waals surface area contributed by atoms with Gasteiger partial charge in [-0.05, 0) is 41.0 Å². The average Bonchev–Trinajstić information content (AvgIpc) is 3.14. The van der Waals surface area contributed by atoms with E-state index in [0.29, 0.717) is 15.9 Å². The molecule has 2 aliphatic rings. The van der Waals surface area contributed by atoms with Gasteiger partial charge in [0.05, 0.1) is 15.7 Å². The van der Waals surface area contributed by atoms with E-state index in [0.717, 1.165) is 12.1 Å². The molecule has 0 aromatic heterocycles. The largest absolute Gasteiger partial charge is 0.349 e. The lowest BCUT2D eigenvalue weighted by molar-refractivity contribution is -0.147. The first-order valence-electron chi connectivity index (χ1n) is 10.4. The van der Waals surface area contributed by atoms with Crippen LogP contribution in [-0.2, 0) is 33.4 Å². The first kappa shape index (κ1) is 25.0. The van der Waals surface area contributed by atoms with Crippen molar-refractivity contribution in [3.63, 3.8) is 0 Å². The summed E-state index contributed by atoms with van der Waals surface area (Å²) in [6, 6.07) is 8.02. The van der Waals surface area contributed by atoms with Crippen LogP contribution >= 0.6 is 11.6 Å². The average molecular weight is 491 g/mol. The third kappa shape index (κ3) is 4.47. The van der Waals surface area contributed by atoms with Crippen LogP contribution in [0.25, 0.3) is 0 Å². The minimum absolute atomic E-state index is 0.0224. The fourth-order valence-electron chi connectivity index (χ4n) is 4.06.